The molecule has 0 saturated carbocycles. The highest BCUT2D eigenvalue weighted by Gasteiger charge is 2.28. The van der Waals surface area contributed by atoms with Crippen molar-refractivity contribution in [1.29, 1.82) is 0 Å². The SMILES string of the molecule is Cl.O=C(/C=C/c1cnc(N[C@@H]2CCN(C(=O)c3ccccc3Cl)C2)c(Cl)c1)NO. The van der Waals surface area contributed by atoms with Gasteiger partial charge in [-0.1, -0.05) is 35.3 Å². The fourth-order valence-corrected chi connectivity index (χ4v) is 3.37. The molecule has 2 aromatic rings. The van der Waals surface area contributed by atoms with Gasteiger partial charge >= 0.3 is 0 Å². The molecule has 1 aliphatic rings. The van der Waals surface area contributed by atoms with E-state index in [1.165, 1.54) is 11.6 Å². The molecule has 0 aliphatic carbocycles. The van der Waals surface area contributed by atoms with E-state index in [9.17, 15) is 9.59 Å². The molecule has 154 valence electrons. The Balaban J connectivity index is 0.00000300. The van der Waals surface area contributed by atoms with E-state index in [0.29, 0.717) is 40.1 Å². The Labute approximate surface area is 184 Å². The minimum atomic E-state index is -0.646. The number of carbonyl (C=O) groups excluding carboxylic acids is 2. The van der Waals surface area contributed by atoms with Gasteiger partial charge in [0.1, 0.15) is 5.82 Å². The molecule has 1 saturated heterocycles. The van der Waals surface area contributed by atoms with E-state index in [4.69, 9.17) is 28.4 Å². The number of amides is 2. The second-order valence-electron chi connectivity index (χ2n) is 6.27. The molecule has 1 aliphatic heterocycles. The molecule has 3 rings (SSSR count). The molecule has 2 heterocycles. The van der Waals surface area contributed by atoms with Crippen molar-refractivity contribution in [2.45, 2.75) is 12.5 Å². The van der Waals surface area contributed by atoms with Crippen LogP contribution in [-0.2, 0) is 4.79 Å². The lowest BCUT2D eigenvalue weighted by molar-refractivity contribution is -0.124. The fourth-order valence-electron chi connectivity index (χ4n) is 2.92. The van der Waals surface area contributed by atoms with E-state index in [1.807, 2.05) is 0 Å². The number of hydrogen-bond acceptors (Lipinski definition) is 5. The predicted molar refractivity (Wildman–Crippen MR) is 115 cm³/mol. The number of rotatable bonds is 5. The number of nitrogens with one attached hydrogen (secondary N) is 2. The summed E-state index contributed by atoms with van der Waals surface area (Å²) in [5, 5.41) is 12.6. The van der Waals surface area contributed by atoms with Crippen LogP contribution in [0.3, 0.4) is 0 Å². The van der Waals surface area contributed by atoms with Gasteiger partial charge in [-0.05, 0) is 36.3 Å². The van der Waals surface area contributed by atoms with Crippen LogP contribution >= 0.6 is 35.6 Å². The molecule has 3 N–H and O–H groups in total. The molecule has 2 amide bonds. The number of halogens is 3. The maximum atomic E-state index is 12.6. The molecule has 0 unspecified atom stereocenters. The molecule has 1 fully saturated rings. The normalized spacial score (nSPS) is 15.8. The first-order valence-electron chi connectivity index (χ1n) is 8.56. The third-order valence-electron chi connectivity index (χ3n) is 4.32. The molecular weight excluding hydrogens is 439 g/mol. The van der Waals surface area contributed by atoms with Crippen LogP contribution in [0.5, 0.6) is 0 Å². The molecule has 7 nitrogen and oxygen atoms in total. The van der Waals surface area contributed by atoms with Crippen molar-refractivity contribution in [3.63, 3.8) is 0 Å². The number of hydroxylamine groups is 1. The quantitative estimate of drug-likeness (QED) is 0.362. The minimum Gasteiger partial charge on any atom is -0.364 e. The summed E-state index contributed by atoms with van der Waals surface area (Å²) in [6, 6.07) is 8.65. The van der Waals surface area contributed by atoms with Crippen molar-refractivity contribution in [2.75, 3.05) is 18.4 Å². The highest BCUT2D eigenvalue weighted by atomic mass is 35.5. The minimum absolute atomic E-state index is 0. The van der Waals surface area contributed by atoms with Crippen LogP contribution in [0.4, 0.5) is 5.82 Å². The van der Waals surface area contributed by atoms with Gasteiger partial charge in [0.05, 0.1) is 15.6 Å². The standard InChI is InChI=1S/C19H18Cl2N4O3.ClH/c20-15-4-2-1-3-14(15)19(27)25-8-7-13(11-25)23-18-16(21)9-12(10-22-18)5-6-17(26)24-28;/h1-6,9-10,13,28H,7-8,11H2,(H,22,23)(H,24,26);1H/b6-5+;/t13-;/m1./s1. The number of carbonyl (C=O) groups is 2. The molecule has 0 spiro atoms. The van der Waals surface area contributed by atoms with Crippen LogP contribution in [0.25, 0.3) is 6.08 Å². The predicted octanol–water partition coefficient (Wildman–Crippen LogP) is 3.66. The summed E-state index contributed by atoms with van der Waals surface area (Å²) in [5.41, 5.74) is 2.61. The van der Waals surface area contributed by atoms with E-state index in [-0.39, 0.29) is 24.4 Å². The first-order chi connectivity index (χ1) is 13.5. The van der Waals surface area contributed by atoms with Gasteiger partial charge < -0.3 is 10.2 Å². The number of aromatic nitrogens is 1. The largest absolute Gasteiger partial charge is 0.364 e. The first-order valence-corrected chi connectivity index (χ1v) is 9.31. The maximum absolute atomic E-state index is 12.6. The number of anilines is 1. The van der Waals surface area contributed by atoms with Crippen LogP contribution in [-0.4, -0.2) is 46.0 Å². The molecular formula is C19H19Cl3N4O3. The van der Waals surface area contributed by atoms with Crippen LogP contribution in [0.2, 0.25) is 10.0 Å². The Hall–Kier alpha value is -2.32. The average Bonchev–Trinajstić information content (AvgIpc) is 3.16. The zero-order valence-corrected chi connectivity index (χ0v) is 17.5. The van der Waals surface area contributed by atoms with E-state index in [1.54, 1.807) is 41.4 Å². The van der Waals surface area contributed by atoms with Crippen LogP contribution in [0, 0.1) is 0 Å². The topological polar surface area (TPSA) is 94.6 Å². The Morgan fingerprint density at radius 1 is 1.24 bits per heavy atom. The van der Waals surface area contributed by atoms with Gasteiger partial charge in [-0.2, -0.15) is 0 Å². The number of benzene rings is 1. The molecule has 29 heavy (non-hydrogen) atoms. The molecule has 1 aromatic carbocycles. The Morgan fingerprint density at radius 3 is 2.69 bits per heavy atom. The van der Waals surface area contributed by atoms with Gasteiger partial charge in [-0.15, -0.1) is 12.4 Å². The van der Waals surface area contributed by atoms with Crippen LogP contribution in [0.1, 0.15) is 22.3 Å². The van der Waals surface area contributed by atoms with Gasteiger partial charge in [0, 0.05) is 31.4 Å². The van der Waals surface area contributed by atoms with Gasteiger partial charge in [0.2, 0.25) is 0 Å². The number of hydrogen-bond donors (Lipinski definition) is 3. The summed E-state index contributed by atoms with van der Waals surface area (Å²) in [6.45, 7) is 1.12. The lowest BCUT2D eigenvalue weighted by Crippen LogP contribution is -2.31. The summed E-state index contributed by atoms with van der Waals surface area (Å²) >= 11 is 12.4. The van der Waals surface area contributed by atoms with Crippen molar-refractivity contribution in [1.82, 2.24) is 15.4 Å². The van der Waals surface area contributed by atoms with Crippen molar-refractivity contribution < 1.29 is 14.8 Å². The highest BCUT2D eigenvalue weighted by Crippen LogP contribution is 2.25. The average molecular weight is 458 g/mol. The summed E-state index contributed by atoms with van der Waals surface area (Å²) in [5.74, 6) is -0.244. The molecule has 10 heteroatoms. The van der Waals surface area contributed by atoms with E-state index >= 15 is 0 Å². The maximum Gasteiger partial charge on any atom is 0.267 e. The second-order valence-corrected chi connectivity index (χ2v) is 7.08. The van der Waals surface area contributed by atoms with Gasteiger partial charge in [-0.3, -0.25) is 14.8 Å². The Bertz CT molecular complexity index is 923. The first kappa shape index (κ1) is 23.0. The van der Waals surface area contributed by atoms with Crippen molar-refractivity contribution >= 4 is 59.3 Å². The smallest absolute Gasteiger partial charge is 0.267 e. The molecule has 0 radical (unpaired) electrons. The van der Waals surface area contributed by atoms with E-state index < -0.39 is 5.91 Å². The zero-order valence-electron chi connectivity index (χ0n) is 15.1. The van der Waals surface area contributed by atoms with E-state index in [0.717, 1.165) is 12.5 Å². The summed E-state index contributed by atoms with van der Waals surface area (Å²) in [4.78, 5) is 29.7. The fraction of sp³-hybridized carbons (Fsp3) is 0.211. The van der Waals surface area contributed by atoms with Crippen molar-refractivity contribution in [3.8, 4) is 0 Å². The lowest BCUT2D eigenvalue weighted by atomic mass is 10.2. The monoisotopic (exact) mass is 456 g/mol. The Kier molecular flexibility index (Phi) is 8.28. The van der Waals surface area contributed by atoms with Gasteiger partial charge in [-0.25, -0.2) is 10.5 Å². The second kappa shape index (κ2) is 10.5. The van der Waals surface area contributed by atoms with Gasteiger partial charge in [0.15, 0.2) is 0 Å². The van der Waals surface area contributed by atoms with Crippen LogP contribution in [0.15, 0.2) is 42.6 Å². The Morgan fingerprint density at radius 2 is 2.00 bits per heavy atom. The molecule has 1 aromatic heterocycles. The summed E-state index contributed by atoms with van der Waals surface area (Å²) in [6.07, 6.45) is 4.95. The van der Waals surface area contributed by atoms with Crippen LogP contribution < -0.4 is 10.8 Å². The molecule has 0 bridgehead atoms. The van der Waals surface area contributed by atoms with Gasteiger partial charge in [0.25, 0.3) is 11.8 Å². The third-order valence-corrected chi connectivity index (χ3v) is 4.94. The third kappa shape index (κ3) is 5.83. The number of pyridine rings is 1. The highest BCUT2D eigenvalue weighted by molar-refractivity contribution is 6.34. The number of likely N-dealkylation sites (tertiary alicyclic amines) is 1. The molecule has 1 atom stereocenters. The number of nitrogens with zero attached hydrogens (tertiary/aromatic N) is 2. The zero-order chi connectivity index (χ0) is 20.1. The van der Waals surface area contributed by atoms with Crippen molar-refractivity contribution in [2.24, 2.45) is 0 Å². The lowest BCUT2D eigenvalue weighted by Gasteiger charge is -2.18. The summed E-state index contributed by atoms with van der Waals surface area (Å²) in [7, 11) is 0. The summed E-state index contributed by atoms with van der Waals surface area (Å²) < 4.78 is 0. The van der Waals surface area contributed by atoms with E-state index in [2.05, 4.69) is 10.3 Å². The van der Waals surface area contributed by atoms with Crippen molar-refractivity contribution in [3.05, 3.63) is 63.8 Å².